The molecule has 6 nitrogen and oxygen atoms in total. The average Bonchev–Trinajstić information content (AvgIpc) is 3.19. The Bertz CT molecular complexity index is 635. The summed E-state index contributed by atoms with van der Waals surface area (Å²) in [7, 11) is -1.03. The lowest BCUT2D eigenvalue weighted by molar-refractivity contribution is 0.458. The van der Waals surface area contributed by atoms with E-state index in [-0.39, 0.29) is 24.0 Å². The van der Waals surface area contributed by atoms with Crippen LogP contribution in [0.5, 0.6) is 0 Å². The molecular formula is C16H29IN4O2S2. The van der Waals surface area contributed by atoms with Crippen molar-refractivity contribution in [2.24, 2.45) is 10.9 Å². The summed E-state index contributed by atoms with van der Waals surface area (Å²) in [6, 6.07) is 4.23. The molecule has 0 radical (unpaired) electrons. The molecule has 1 aliphatic rings. The highest BCUT2D eigenvalue weighted by atomic mass is 127. The highest BCUT2D eigenvalue weighted by molar-refractivity contribution is 14.0. The molecule has 1 saturated heterocycles. The Hall–Kier alpha value is -0.390. The number of hydrogen-bond acceptors (Lipinski definition) is 4. The van der Waals surface area contributed by atoms with Gasteiger partial charge in [0.15, 0.2) is 5.96 Å². The third-order valence-electron chi connectivity index (χ3n) is 4.19. The molecule has 1 fully saturated rings. The maximum absolute atomic E-state index is 11.6. The number of halogens is 1. The monoisotopic (exact) mass is 500 g/mol. The Morgan fingerprint density at radius 1 is 1.52 bits per heavy atom. The quantitative estimate of drug-likeness (QED) is 0.354. The standard InChI is InChI=1S/C16H28N4O2S2.HI/c1-4-17-16(19(2)9-8-15-6-5-11-23-15)18-12-14-7-10-20(13-14)24(3,21)22;/h5-6,11,14H,4,7-10,12-13H2,1-3H3,(H,17,18);1H. The second-order valence-electron chi connectivity index (χ2n) is 6.22. The van der Waals surface area contributed by atoms with E-state index in [1.54, 1.807) is 15.6 Å². The van der Waals surface area contributed by atoms with E-state index in [1.165, 1.54) is 11.1 Å². The van der Waals surface area contributed by atoms with E-state index < -0.39 is 10.0 Å². The van der Waals surface area contributed by atoms with Crippen molar-refractivity contribution < 1.29 is 8.42 Å². The number of hydrogen-bond donors (Lipinski definition) is 1. The van der Waals surface area contributed by atoms with Gasteiger partial charge in [0.2, 0.25) is 10.0 Å². The van der Waals surface area contributed by atoms with Crippen molar-refractivity contribution in [3.05, 3.63) is 22.4 Å². The number of guanidine groups is 1. The molecule has 0 bridgehead atoms. The molecule has 1 aromatic rings. The molecule has 1 atom stereocenters. The van der Waals surface area contributed by atoms with Crippen molar-refractivity contribution in [2.75, 3.05) is 46.0 Å². The molecule has 1 unspecified atom stereocenters. The lowest BCUT2D eigenvalue weighted by Crippen LogP contribution is -2.40. The van der Waals surface area contributed by atoms with Crippen molar-refractivity contribution in [2.45, 2.75) is 19.8 Å². The van der Waals surface area contributed by atoms with Crippen LogP contribution in [0.15, 0.2) is 22.5 Å². The van der Waals surface area contributed by atoms with Gasteiger partial charge in [0.05, 0.1) is 6.26 Å². The molecule has 0 spiro atoms. The lowest BCUT2D eigenvalue weighted by Gasteiger charge is -2.22. The van der Waals surface area contributed by atoms with Gasteiger partial charge >= 0.3 is 0 Å². The topological polar surface area (TPSA) is 65.0 Å². The van der Waals surface area contributed by atoms with Crippen molar-refractivity contribution in [3.63, 3.8) is 0 Å². The fourth-order valence-electron chi connectivity index (χ4n) is 2.77. The summed E-state index contributed by atoms with van der Waals surface area (Å²) in [6.07, 6.45) is 3.17. The maximum atomic E-state index is 11.6. The highest BCUT2D eigenvalue weighted by Crippen LogP contribution is 2.19. The van der Waals surface area contributed by atoms with Crippen LogP contribution in [0.3, 0.4) is 0 Å². The number of rotatable bonds is 7. The number of nitrogens with zero attached hydrogens (tertiary/aromatic N) is 3. The highest BCUT2D eigenvalue weighted by Gasteiger charge is 2.28. The minimum absolute atomic E-state index is 0. The molecule has 144 valence electrons. The Labute approximate surface area is 172 Å². The van der Waals surface area contributed by atoms with Crippen LogP contribution in [-0.2, 0) is 16.4 Å². The number of aliphatic imine (C=N–C) groups is 1. The van der Waals surface area contributed by atoms with E-state index >= 15 is 0 Å². The van der Waals surface area contributed by atoms with Crippen LogP contribution in [0.2, 0.25) is 0 Å². The molecule has 0 aliphatic carbocycles. The Morgan fingerprint density at radius 3 is 2.84 bits per heavy atom. The fraction of sp³-hybridized carbons (Fsp3) is 0.688. The molecule has 2 heterocycles. The maximum Gasteiger partial charge on any atom is 0.211 e. The van der Waals surface area contributed by atoms with Gasteiger partial charge in [0.25, 0.3) is 0 Å². The van der Waals surface area contributed by atoms with Crippen molar-refractivity contribution in [3.8, 4) is 0 Å². The first-order valence-electron chi connectivity index (χ1n) is 8.37. The number of sulfonamides is 1. The van der Waals surface area contributed by atoms with Gasteiger partial charge in [0, 0.05) is 44.6 Å². The van der Waals surface area contributed by atoms with Crippen LogP contribution in [0.1, 0.15) is 18.2 Å². The van der Waals surface area contributed by atoms with Crippen molar-refractivity contribution >= 4 is 51.3 Å². The van der Waals surface area contributed by atoms with Gasteiger partial charge in [-0.15, -0.1) is 35.3 Å². The van der Waals surface area contributed by atoms with Crippen LogP contribution in [0.4, 0.5) is 0 Å². The van der Waals surface area contributed by atoms with Gasteiger partial charge in [-0.3, -0.25) is 4.99 Å². The molecule has 1 aromatic heterocycles. The molecule has 9 heteroatoms. The van der Waals surface area contributed by atoms with Gasteiger partial charge in [0.1, 0.15) is 0 Å². The Kier molecular flexibility index (Phi) is 9.68. The molecule has 0 saturated carbocycles. The summed E-state index contributed by atoms with van der Waals surface area (Å²) in [5.41, 5.74) is 0. The summed E-state index contributed by atoms with van der Waals surface area (Å²) < 4.78 is 24.7. The second kappa shape index (κ2) is 10.7. The van der Waals surface area contributed by atoms with Crippen molar-refractivity contribution in [1.29, 1.82) is 0 Å². The molecule has 25 heavy (non-hydrogen) atoms. The van der Waals surface area contributed by atoms with E-state index in [2.05, 4.69) is 34.7 Å². The average molecular weight is 500 g/mol. The minimum Gasteiger partial charge on any atom is -0.357 e. The SMILES string of the molecule is CCNC(=NCC1CCN(S(C)(=O)=O)C1)N(C)CCc1cccs1.I. The Morgan fingerprint density at radius 2 is 2.28 bits per heavy atom. The van der Waals surface area contributed by atoms with Crippen molar-refractivity contribution in [1.82, 2.24) is 14.5 Å². The van der Waals surface area contributed by atoms with Gasteiger partial charge in [-0.25, -0.2) is 12.7 Å². The van der Waals surface area contributed by atoms with E-state index in [0.717, 1.165) is 31.9 Å². The van der Waals surface area contributed by atoms with Crippen LogP contribution in [0.25, 0.3) is 0 Å². The number of likely N-dealkylation sites (N-methyl/N-ethyl adjacent to an activating group) is 1. The zero-order chi connectivity index (χ0) is 17.6. The van der Waals surface area contributed by atoms with E-state index in [9.17, 15) is 8.42 Å². The fourth-order valence-corrected chi connectivity index (χ4v) is 4.39. The molecule has 1 aliphatic heterocycles. The minimum atomic E-state index is -3.07. The lowest BCUT2D eigenvalue weighted by atomic mass is 10.1. The first-order valence-corrected chi connectivity index (χ1v) is 11.1. The molecule has 0 aromatic carbocycles. The van der Waals surface area contributed by atoms with Crippen LogP contribution in [-0.4, -0.2) is 69.6 Å². The number of thiophene rings is 1. The molecular weight excluding hydrogens is 471 g/mol. The van der Waals surface area contributed by atoms with Gasteiger partial charge in [-0.2, -0.15) is 0 Å². The molecule has 0 amide bonds. The van der Waals surface area contributed by atoms with Crippen LogP contribution in [0, 0.1) is 5.92 Å². The van der Waals surface area contributed by atoms with Gasteiger partial charge in [-0.05, 0) is 37.1 Å². The van der Waals surface area contributed by atoms with E-state index in [4.69, 9.17) is 4.99 Å². The summed E-state index contributed by atoms with van der Waals surface area (Å²) in [5.74, 6) is 1.20. The summed E-state index contributed by atoms with van der Waals surface area (Å²) >= 11 is 1.78. The first kappa shape index (κ1) is 22.7. The molecule has 2 rings (SSSR count). The predicted molar refractivity (Wildman–Crippen MR) is 117 cm³/mol. The predicted octanol–water partition coefficient (Wildman–Crippen LogP) is 2.09. The number of nitrogens with one attached hydrogen (secondary N) is 1. The van der Waals surface area contributed by atoms with Gasteiger partial charge in [-0.1, -0.05) is 6.07 Å². The summed E-state index contributed by atoms with van der Waals surface area (Å²) in [6.45, 7) is 5.65. The largest absolute Gasteiger partial charge is 0.357 e. The van der Waals surface area contributed by atoms with Crippen LogP contribution < -0.4 is 5.32 Å². The third kappa shape index (κ3) is 7.40. The normalized spacial score (nSPS) is 18.8. The van der Waals surface area contributed by atoms with E-state index in [1.807, 2.05) is 7.05 Å². The zero-order valence-electron chi connectivity index (χ0n) is 15.1. The second-order valence-corrected chi connectivity index (χ2v) is 9.24. The zero-order valence-corrected chi connectivity index (χ0v) is 19.1. The summed E-state index contributed by atoms with van der Waals surface area (Å²) in [5, 5.41) is 5.42. The molecule has 1 N–H and O–H groups in total. The van der Waals surface area contributed by atoms with Gasteiger partial charge < -0.3 is 10.2 Å². The van der Waals surface area contributed by atoms with E-state index in [0.29, 0.717) is 25.6 Å². The first-order chi connectivity index (χ1) is 11.4. The van der Waals surface area contributed by atoms with Crippen LogP contribution >= 0.6 is 35.3 Å². The smallest absolute Gasteiger partial charge is 0.211 e. The third-order valence-corrected chi connectivity index (χ3v) is 6.39. The summed E-state index contributed by atoms with van der Waals surface area (Å²) in [4.78, 5) is 8.24. The Balaban J connectivity index is 0.00000312.